The Hall–Kier alpha value is -0.740. The SMILES string of the molecule is CC(C)(C)C(=O)c1ccc(Br)c(F)c1C(=O)CCl. The van der Waals surface area contributed by atoms with Crippen LogP contribution < -0.4 is 0 Å². The van der Waals surface area contributed by atoms with Gasteiger partial charge in [0.25, 0.3) is 0 Å². The lowest BCUT2D eigenvalue weighted by atomic mass is 9.84. The van der Waals surface area contributed by atoms with Crippen molar-refractivity contribution < 1.29 is 14.0 Å². The van der Waals surface area contributed by atoms with Crippen LogP contribution in [-0.4, -0.2) is 17.4 Å². The molecule has 0 amide bonds. The molecule has 18 heavy (non-hydrogen) atoms. The van der Waals surface area contributed by atoms with E-state index in [4.69, 9.17) is 11.6 Å². The number of hydrogen-bond acceptors (Lipinski definition) is 2. The van der Waals surface area contributed by atoms with E-state index in [1.165, 1.54) is 12.1 Å². The van der Waals surface area contributed by atoms with Crippen molar-refractivity contribution in [3.8, 4) is 0 Å². The zero-order chi connectivity index (χ0) is 14.1. The van der Waals surface area contributed by atoms with Crippen LogP contribution in [0.5, 0.6) is 0 Å². The van der Waals surface area contributed by atoms with Gasteiger partial charge < -0.3 is 0 Å². The molecule has 1 rings (SSSR count). The molecule has 0 aliphatic carbocycles. The van der Waals surface area contributed by atoms with Gasteiger partial charge in [0.2, 0.25) is 0 Å². The van der Waals surface area contributed by atoms with Crippen LogP contribution in [0.15, 0.2) is 16.6 Å². The van der Waals surface area contributed by atoms with E-state index in [-0.39, 0.29) is 27.3 Å². The molecule has 0 N–H and O–H groups in total. The topological polar surface area (TPSA) is 34.1 Å². The summed E-state index contributed by atoms with van der Waals surface area (Å²) in [5, 5.41) is 0. The number of ketones is 2. The quantitative estimate of drug-likeness (QED) is 0.611. The number of benzene rings is 1. The van der Waals surface area contributed by atoms with Gasteiger partial charge in [-0.05, 0) is 28.1 Å². The molecule has 0 aromatic heterocycles. The largest absolute Gasteiger partial charge is 0.294 e. The van der Waals surface area contributed by atoms with E-state index < -0.39 is 17.0 Å². The molecule has 5 heteroatoms. The van der Waals surface area contributed by atoms with Crippen molar-refractivity contribution in [2.45, 2.75) is 20.8 Å². The smallest absolute Gasteiger partial charge is 0.181 e. The van der Waals surface area contributed by atoms with Crippen LogP contribution in [0, 0.1) is 11.2 Å². The molecule has 2 nitrogen and oxygen atoms in total. The van der Waals surface area contributed by atoms with E-state index in [0.29, 0.717) is 0 Å². The van der Waals surface area contributed by atoms with Gasteiger partial charge >= 0.3 is 0 Å². The number of Topliss-reactive ketones (excluding diaryl/α,β-unsaturated/α-hetero) is 2. The zero-order valence-corrected chi connectivity index (χ0v) is 12.7. The van der Waals surface area contributed by atoms with Gasteiger partial charge in [0, 0.05) is 11.0 Å². The lowest BCUT2D eigenvalue weighted by molar-refractivity contribution is 0.0850. The second-order valence-corrected chi connectivity index (χ2v) is 6.04. The molecule has 0 unspecified atom stereocenters. The fraction of sp³-hybridized carbons (Fsp3) is 0.385. The first-order valence-electron chi connectivity index (χ1n) is 5.32. The van der Waals surface area contributed by atoms with E-state index in [1.807, 2.05) is 0 Å². The molecule has 0 aliphatic rings. The first kappa shape index (κ1) is 15.3. The first-order valence-corrected chi connectivity index (χ1v) is 6.65. The van der Waals surface area contributed by atoms with Crippen LogP contribution in [0.3, 0.4) is 0 Å². The third-order valence-electron chi connectivity index (χ3n) is 2.42. The molecule has 0 saturated heterocycles. The van der Waals surface area contributed by atoms with E-state index in [1.54, 1.807) is 20.8 Å². The molecule has 1 aromatic rings. The minimum atomic E-state index is -0.740. The molecular weight excluding hydrogens is 322 g/mol. The summed E-state index contributed by atoms with van der Waals surface area (Å²) in [6.07, 6.45) is 0. The van der Waals surface area contributed by atoms with E-state index in [9.17, 15) is 14.0 Å². The Labute approximate surface area is 119 Å². The average molecular weight is 336 g/mol. The highest BCUT2D eigenvalue weighted by atomic mass is 79.9. The van der Waals surface area contributed by atoms with Gasteiger partial charge in [-0.1, -0.05) is 20.8 Å². The van der Waals surface area contributed by atoms with Crippen LogP contribution in [0.2, 0.25) is 0 Å². The Bertz CT molecular complexity index is 506. The second-order valence-electron chi connectivity index (χ2n) is 4.92. The van der Waals surface area contributed by atoms with Crippen LogP contribution in [0.25, 0.3) is 0 Å². The molecule has 98 valence electrons. The van der Waals surface area contributed by atoms with Gasteiger partial charge in [-0.15, -0.1) is 11.6 Å². The fourth-order valence-electron chi connectivity index (χ4n) is 1.48. The lowest BCUT2D eigenvalue weighted by Crippen LogP contribution is -2.24. The summed E-state index contributed by atoms with van der Waals surface area (Å²) >= 11 is 8.45. The van der Waals surface area contributed by atoms with Crippen molar-refractivity contribution in [2.75, 3.05) is 5.88 Å². The highest BCUT2D eigenvalue weighted by molar-refractivity contribution is 9.10. The van der Waals surface area contributed by atoms with Crippen molar-refractivity contribution in [3.05, 3.63) is 33.5 Å². The zero-order valence-electron chi connectivity index (χ0n) is 10.3. The molecule has 0 radical (unpaired) electrons. The molecule has 0 bridgehead atoms. The molecule has 0 saturated carbocycles. The highest BCUT2D eigenvalue weighted by Gasteiger charge is 2.29. The molecule has 0 heterocycles. The second kappa shape index (κ2) is 5.49. The minimum Gasteiger partial charge on any atom is -0.294 e. The summed E-state index contributed by atoms with van der Waals surface area (Å²) in [4.78, 5) is 23.9. The number of carbonyl (C=O) groups excluding carboxylic acids is 2. The minimum absolute atomic E-state index is 0.0776. The first-order chi connectivity index (χ1) is 8.20. The van der Waals surface area contributed by atoms with Gasteiger partial charge in [0.1, 0.15) is 5.82 Å². The van der Waals surface area contributed by atoms with Crippen LogP contribution in [0.1, 0.15) is 41.5 Å². The lowest BCUT2D eigenvalue weighted by Gasteiger charge is -2.19. The molecule has 0 aliphatic heterocycles. The number of rotatable bonds is 3. The fourth-order valence-corrected chi connectivity index (χ4v) is 1.95. The number of hydrogen-bond donors (Lipinski definition) is 0. The van der Waals surface area contributed by atoms with E-state index in [2.05, 4.69) is 15.9 Å². The van der Waals surface area contributed by atoms with Crippen LogP contribution in [0.4, 0.5) is 4.39 Å². The van der Waals surface area contributed by atoms with Crippen molar-refractivity contribution >= 4 is 39.1 Å². The summed E-state index contributed by atoms with van der Waals surface area (Å²) in [6, 6.07) is 2.86. The summed E-state index contributed by atoms with van der Waals surface area (Å²) < 4.78 is 14.1. The maximum atomic E-state index is 14.0. The Kier molecular flexibility index (Phi) is 4.67. The van der Waals surface area contributed by atoms with Crippen molar-refractivity contribution in [1.29, 1.82) is 0 Å². The summed E-state index contributed by atoms with van der Waals surface area (Å²) in [5.74, 6) is -1.99. The normalized spacial score (nSPS) is 11.4. The van der Waals surface area contributed by atoms with Crippen LogP contribution >= 0.6 is 27.5 Å². The standard InChI is InChI=1S/C13H13BrClFO2/c1-13(2,3)12(18)7-4-5-8(14)11(16)10(7)9(17)6-15/h4-5H,6H2,1-3H3. The van der Waals surface area contributed by atoms with Gasteiger partial charge in [-0.25, -0.2) is 4.39 Å². The number of alkyl halides is 1. The third kappa shape index (κ3) is 2.98. The molecule has 0 atom stereocenters. The molecular formula is C13H13BrClFO2. The van der Waals surface area contributed by atoms with Crippen LogP contribution in [-0.2, 0) is 0 Å². The summed E-state index contributed by atoms with van der Waals surface area (Å²) in [5.41, 5.74) is -0.852. The number of halogens is 3. The molecule has 0 fully saturated rings. The van der Waals surface area contributed by atoms with Crippen molar-refractivity contribution in [1.82, 2.24) is 0 Å². The molecule has 1 aromatic carbocycles. The average Bonchev–Trinajstić information content (AvgIpc) is 2.29. The Morgan fingerprint density at radius 2 is 1.89 bits per heavy atom. The van der Waals surface area contributed by atoms with Crippen molar-refractivity contribution in [2.24, 2.45) is 5.41 Å². The summed E-state index contributed by atoms with van der Waals surface area (Å²) in [6.45, 7) is 5.14. The Morgan fingerprint density at radius 3 is 2.33 bits per heavy atom. The predicted octanol–water partition coefficient (Wildman–Crippen LogP) is 4.24. The van der Waals surface area contributed by atoms with Gasteiger partial charge in [0.05, 0.1) is 15.9 Å². The summed E-state index contributed by atoms with van der Waals surface area (Å²) in [7, 11) is 0. The van der Waals surface area contributed by atoms with Gasteiger partial charge in [-0.3, -0.25) is 9.59 Å². The third-order valence-corrected chi connectivity index (χ3v) is 3.28. The van der Waals surface area contributed by atoms with Gasteiger partial charge in [0.15, 0.2) is 11.6 Å². The highest BCUT2D eigenvalue weighted by Crippen LogP contribution is 2.28. The molecule has 0 spiro atoms. The van der Waals surface area contributed by atoms with E-state index in [0.717, 1.165) is 0 Å². The maximum absolute atomic E-state index is 14.0. The number of carbonyl (C=O) groups is 2. The monoisotopic (exact) mass is 334 g/mol. The Morgan fingerprint density at radius 1 is 1.33 bits per heavy atom. The van der Waals surface area contributed by atoms with Gasteiger partial charge in [-0.2, -0.15) is 0 Å². The Balaban J connectivity index is 3.51. The van der Waals surface area contributed by atoms with Crippen molar-refractivity contribution in [3.63, 3.8) is 0 Å². The predicted molar refractivity (Wildman–Crippen MR) is 72.9 cm³/mol. The maximum Gasteiger partial charge on any atom is 0.181 e. The van der Waals surface area contributed by atoms with E-state index >= 15 is 0 Å².